The third-order valence-corrected chi connectivity index (χ3v) is 12.4. The molecular weight excluding hydrogens is 528 g/mol. The number of carbonyl (C=O) groups excluding carboxylic acids is 1. The Morgan fingerprint density at radius 1 is 0.829 bits per heavy atom. The van der Waals surface area contributed by atoms with Crippen molar-refractivity contribution in [2.24, 2.45) is 0 Å². The quantitative estimate of drug-likeness (QED) is 0.167. The van der Waals surface area contributed by atoms with Gasteiger partial charge < -0.3 is 14.8 Å². The van der Waals surface area contributed by atoms with E-state index in [1.54, 1.807) is 0 Å². The Hall–Kier alpha value is -3.94. The third-order valence-electron chi connectivity index (χ3n) is 7.87. The van der Waals surface area contributed by atoms with Gasteiger partial charge in [0.25, 0.3) is 0 Å². The van der Waals surface area contributed by atoms with Gasteiger partial charge in [0.15, 0.2) is 8.32 Å². The van der Waals surface area contributed by atoms with Crippen LogP contribution in [0.4, 0.5) is 16.2 Å². The molecule has 0 spiro atoms. The highest BCUT2D eigenvalue weighted by molar-refractivity contribution is 6.74. The third kappa shape index (κ3) is 8.05. The summed E-state index contributed by atoms with van der Waals surface area (Å²) in [5.41, 5.74) is 5.19. The van der Waals surface area contributed by atoms with Gasteiger partial charge in [0.05, 0.1) is 12.3 Å². The number of benzene rings is 4. The van der Waals surface area contributed by atoms with Crippen molar-refractivity contribution in [1.82, 2.24) is 0 Å². The first kappa shape index (κ1) is 30.0. The minimum Gasteiger partial charge on any atom is -0.465 e. The molecule has 0 fully saturated rings. The fourth-order valence-corrected chi connectivity index (χ4v) is 5.42. The zero-order valence-electron chi connectivity index (χ0n) is 24.6. The number of carboxylic acid groups (broad SMARTS) is 1. The minimum absolute atomic E-state index is 0.0477. The van der Waals surface area contributed by atoms with Crippen molar-refractivity contribution in [3.8, 4) is 11.1 Å². The van der Waals surface area contributed by atoms with Gasteiger partial charge in [-0.1, -0.05) is 81.4 Å². The summed E-state index contributed by atoms with van der Waals surface area (Å²) in [7, 11) is -1.82. The molecule has 41 heavy (non-hydrogen) atoms. The molecule has 0 saturated carbocycles. The maximum Gasteiger partial charge on any atom is 0.409 e. The summed E-state index contributed by atoms with van der Waals surface area (Å²) in [6.07, 6.45) is 0.566. The second kappa shape index (κ2) is 12.7. The van der Waals surface area contributed by atoms with E-state index >= 15 is 0 Å². The van der Waals surface area contributed by atoms with E-state index in [0.717, 1.165) is 38.7 Å². The van der Waals surface area contributed by atoms with Crippen LogP contribution in [0.1, 0.15) is 44.7 Å². The Kier molecular flexibility index (Phi) is 9.30. The zero-order valence-corrected chi connectivity index (χ0v) is 25.6. The number of hydrogen-bond donors (Lipinski definition) is 3. The average molecular weight is 569 g/mol. The largest absolute Gasteiger partial charge is 0.465 e. The van der Waals surface area contributed by atoms with Crippen molar-refractivity contribution in [1.29, 1.82) is 0 Å². The summed E-state index contributed by atoms with van der Waals surface area (Å²) in [5, 5.41) is 17.2. The summed E-state index contributed by atoms with van der Waals surface area (Å²) >= 11 is 0. The summed E-state index contributed by atoms with van der Waals surface area (Å²) in [6.45, 7) is 11.9. The number of rotatable bonds is 10. The number of amides is 2. The Bertz CT molecular complexity index is 1530. The molecule has 0 bridgehead atoms. The Morgan fingerprint density at radius 2 is 1.51 bits per heavy atom. The van der Waals surface area contributed by atoms with Crippen LogP contribution in [0.3, 0.4) is 0 Å². The Balaban J connectivity index is 1.33. The molecule has 7 heteroatoms. The summed E-state index contributed by atoms with van der Waals surface area (Å²) < 4.78 is 6.38. The van der Waals surface area contributed by atoms with Crippen molar-refractivity contribution in [2.75, 3.05) is 10.6 Å². The highest BCUT2D eigenvalue weighted by Crippen LogP contribution is 2.37. The Morgan fingerprint density at radius 3 is 2.22 bits per heavy atom. The second-order valence-corrected chi connectivity index (χ2v) is 16.8. The minimum atomic E-state index is -1.82. The zero-order chi connectivity index (χ0) is 29.6. The van der Waals surface area contributed by atoms with E-state index in [2.05, 4.69) is 62.7 Å². The van der Waals surface area contributed by atoms with Crippen molar-refractivity contribution in [3.63, 3.8) is 0 Å². The molecule has 0 aromatic heterocycles. The van der Waals surface area contributed by atoms with Crippen LogP contribution >= 0.6 is 0 Å². The lowest BCUT2D eigenvalue weighted by molar-refractivity contribution is -0.116. The molecule has 4 aromatic rings. The molecule has 0 aliphatic heterocycles. The van der Waals surface area contributed by atoms with Crippen LogP contribution in [0.5, 0.6) is 0 Å². The number of hydrogen-bond acceptors (Lipinski definition) is 3. The van der Waals surface area contributed by atoms with Gasteiger partial charge in [0, 0.05) is 17.7 Å². The number of carbonyl (C=O) groups is 2. The molecule has 214 valence electrons. The SMILES string of the molecule is CC(C)(C)[Si](C)(C)OCc1ccc2cc(NC(=O)CCCc3ccc(-c4ccccc4)c(NC(=O)O)c3)ccc2c1. The van der Waals surface area contributed by atoms with Gasteiger partial charge >= 0.3 is 6.09 Å². The van der Waals surface area contributed by atoms with Crippen molar-refractivity contribution in [3.05, 3.63) is 96.1 Å². The normalized spacial score (nSPS) is 11.8. The van der Waals surface area contributed by atoms with E-state index in [9.17, 15) is 14.7 Å². The monoisotopic (exact) mass is 568 g/mol. The van der Waals surface area contributed by atoms with E-state index < -0.39 is 14.4 Å². The smallest absolute Gasteiger partial charge is 0.409 e. The summed E-state index contributed by atoms with van der Waals surface area (Å²) in [6, 6.07) is 27.7. The molecule has 0 aliphatic carbocycles. The predicted molar refractivity (Wildman–Crippen MR) is 171 cm³/mol. The van der Waals surface area contributed by atoms with Crippen LogP contribution in [0.2, 0.25) is 18.1 Å². The van der Waals surface area contributed by atoms with Crippen molar-refractivity contribution in [2.45, 2.75) is 64.8 Å². The molecule has 0 unspecified atom stereocenters. The lowest BCUT2D eigenvalue weighted by Crippen LogP contribution is -2.40. The van der Waals surface area contributed by atoms with E-state index in [1.807, 2.05) is 66.7 Å². The molecule has 4 aromatic carbocycles. The highest BCUT2D eigenvalue weighted by atomic mass is 28.4. The highest BCUT2D eigenvalue weighted by Gasteiger charge is 2.37. The van der Waals surface area contributed by atoms with Crippen LogP contribution < -0.4 is 10.6 Å². The number of aryl methyl sites for hydroxylation is 1. The molecule has 0 aliphatic rings. The molecule has 0 saturated heterocycles. The maximum atomic E-state index is 12.7. The lowest BCUT2D eigenvalue weighted by Gasteiger charge is -2.36. The van der Waals surface area contributed by atoms with Crippen LogP contribution in [-0.4, -0.2) is 25.4 Å². The van der Waals surface area contributed by atoms with Crippen molar-refractivity contribution >= 4 is 42.5 Å². The van der Waals surface area contributed by atoms with Gasteiger partial charge in [0.1, 0.15) is 0 Å². The lowest BCUT2D eigenvalue weighted by atomic mass is 9.99. The fourth-order valence-electron chi connectivity index (χ4n) is 4.45. The van der Waals surface area contributed by atoms with Gasteiger partial charge in [0.2, 0.25) is 5.91 Å². The van der Waals surface area contributed by atoms with Crippen LogP contribution in [0.25, 0.3) is 21.9 Å². The first-order valence-electron chi connectivity index (χ1n) is 14.1. The number of fused-ring (bicyclic) bond motifs is 1. The summed E-state index contributed by atoms with van der Waals surface area (Å²) in [5.74, 6) is -0.0477. The van der Waals surface area contributed by atoms with Gasteiger partial charge in [-0.2, -0.15) is 0 Å². The second-order valence-electron chi connectivity index (χ2n) is 12.0. The van der Waals surface area contributed by atoms with Crippen LogP contribution in [-0.2, 0) is 22.2 Å². The molecule has 6 nitrogen and oxygen atoms in total. The van der Waals surface area contributed by atoms with Crippen molar-refractivity contribution < 1.29 is 19.1 Å². The van der Waals surface area contributed by atoms with E-state index in [4.69, 9.17) is 4.43 Å². The van der Waals surface area contributed by atoms with E-state index in [1.165, 1.54) is 0 Å². The van der Waals surface area contributed by atoms with E-state index in [0.29, 0.717) is 31.6 Å². The molecule has 2 amide bonds. The first-order chi connectivity index (χ1) is 19.4. The fraction of sp³-hybridized carbons (Fsp3) is 0.294. The van der Waals surface area contributed by atoms with E-state index in [-0.39, 0.29) is 10.9 Å². The standard InChI is InChI=1S/C34H40N2O4Si/c1-34(2,3)41(4,5)40-23-25-14-16-28-22-29(18-17-27(28)20-25)35-32(37)13-9-10-24-15-19-30(26-11-7-6-8-12-26)31(21-24)36-33(38)39/h6-8,11-12,14-22,36H,9-10,13,23H2,1-5H3,(H,35,37)(H,38,39). The van der Waals surface area contributed by atoms with Crippen LogP contribution in [0, 0.1) is 0 Å². The molecule has 0 radical (unpaired) electrons. The molecule has 0 heterocycles. The Labute approximate surface area is 243 Å². The first-order valence-corrected chi connectivity index (χ1v) is 17.0. The average Bonchev–Trinajstić information content (AvgIpc) is 2.91. The molecule has 0 atom stereocenters. The van der Waals surface area contributed by atoms with Gasteiger partial charge in [-0.15, -0.1) is 0 Å². The number of nitrogens with one attached hydrogen (secondary N) is 2. The van der Waals surface area contributed by atoms with Gasteiger partial charge in [-0.25, -0.2) is 4.79 Å². The predicted octanol–water partition coefficient (Wildman–Crippen LogP) is 9.08. The van der Waals surface area contributed by atoms with Gasteiger partial charge in [-0.3, -0.25) is 10.1 Å². The number of anilines is 2. The summed E-state index contributed by atoms with van der Waals surface area (Å²) in [4.78, 5) is 24.1. The molecule has 3 N–H and O–H groups in total. The van der Waals surface area contributed by atoms with Gasteiger partial charge in [-0.05, 0) is 82.7 Å². The maximum absolute atomic E-state index is 12.7. The molecule has 4 rings (SSSR count). The topological polar surface area (TPSA) is 87.7 Å². The molecular formula is C34H40N2O4Si. The van der Waals surface area contributed by atoms with Crippen LogP contribution in [0.15, 0.2) is 84.9 Å².